The minimum absolute atomic E-state index is 0.0414. The molecule has 2 aliphatic heterocycles. The lowest BCUT2D eigenvalue weighted by molar-refractivity contribution is -0.163. The summed E-state index contributed by atoms with van der Waals surface area (Å²) < 4.78 is 16.0. The van der Waals surface area contributed by atoms with Crippen LogP contribution in [0.2, 0.25) is 10.0 Å². The number of halogens is 2. The maximum atomic E-state index is 13.3. The van der Waals surface area contributed by atoms with Crippen LogP contribution in [0.15, 0.2) is 59.5 Å². The molecular formula is C29H28Cl2N2O9S. The first kappa shape index (κ1) is 32.3. The molecule has 4 rings (SSSR count). The third-order valence-corrected chi connectivity index (χ3v) is 8.19. The second-order valence-corrected chi connectivity index (χ2v) is 11.6. The molecule has 4 atom stereocenters. The molecule has 0 aliphatic carbocycles. The number of Topliss-reactive ketones (excluding diaryl/α,β-unsaturated/α-hetero) is 1. The number of nitrogens with one attached hydrogen (secondary N) is 1. The second-order valence-electron chi connectivity index (χ2n) is 9.74. The largest absolute Gasteiger partial charge is 0.484 e. The van der Waals surface area contributed by atoms with Gasteiger partial charge in [0.25, 0.3) is 5.91 Å². The molecule has 2 N–H and O–H groups in total. The molecule has 0 radical (unpaired) electrons. The monoisotopic (exact) mass is 650 g/mol. The minimum atomic E-state index is -1.29. The standard InChI is InChI=1S/C29H28Cl2N2O9S/c1-16(34)2-11-24(37)41-12-18-15-43-28-25(32-23(36)14-40-21-9-7-20(31)8-10-21)27(38)33(28)26(18)29(39)42-13-22(35)17-3-5-19(30)6-4-17/h3-10,15-16,25-26,28,34H,2,11-14H2,1H3,(H,32,36)/t16?,25?,26?,28-/m0/s1. The van der Waals surface area contributed by atoms with Crippen LogP contribution < -0.4 is 10.1 Å². The summed E-state index contributed by atoms with van der Waals surface area (Å²) in [4.78, 5) is 65.0. The van der Waals surface area contributed by atoms with Crippen LogP contribution >= 0.6 is 35.0 Å². The van der Waals surface area contributed by atoms with Gasteiger partial charge in [-0.15, -0.1) is 11.8 Å². The van der Waals surface area contributed by atoms with Crippen molar-refractivity contribution in [2.45, 2.75) is 43.3 Å². The number of thioether (sulfide) groups is 1. The molecule has 11 nitrogen and oxygen atoms in total. The van der Waals surface area contributed by atoms with Crippen LogP contribution in [0.25, 0.3) is 0 Å². The van der Waals surface area contributed by atoms with E-state index < -0.39 is 59.7 Å². The summed E-state index contributed by atoms with van der Waals surface area (Å²) in [6.07, 6.45) is -0.540. The highest BCUT2D eigenvalue weighted by atomic mass is 35.5. The summed E-state index contributed by atoms with van der Waals surface area (Å²) in [6.45, 7) is 0.267. The van der Waals surface area contributed by atoms with Gasteiger partial charge >= 0.3 is 11.9 Å². The van der Waals surface area contributed by atoms with Crippen molar-refractivity contribution in [2.24, 2.45) is 0 Å². The van der Waals surface area contributed by atoms with Gasteiger partial charge in [-0.1, -0.05) is 23.2 Å². The quantitative estimate of drug-likeness (QED) is 0.188. The minimum Gasteiger partial charge on any atom is -0.484 e. The Morgan fingerprint density at radius 1 is 1.00 bits per heavy atom. The van der Waals surface area contributed by atoms with E-state index in [1.165, 1.54) is 29.2 Å². The average Bonchev–Trinajstić information content (AvgIpc) is 2.99. The fraction of sp³-hybridized carbons (Fsp3) is 0.345. The van der Waals surface area contributed by atoms with E-state index in [1.54, 1.807) is 36.6 Å². The van der Waals surface area contributed by atoms with E-state index in [0.717, 1.165) is 11.8 Å². The number of amides is 2. The highest BCUT2D eigenvalue weighted by molar-refractivity contribution is 8.03. The van der Waals surface area contributed by atoms with E-state index in [4.69, 9.17) is 37.4 Å². The van der Waals surface area contributed by atoms with Crippen molar-refractivity contribution in [3.8, 4) is 5.75 Å². The molecule has 2 aromatic carbocycles. The molecule has 228 valence electrons. The molecule has 1 fully saturated rings. The lowest BCUT2D eigenvalue weighted by Gasteiger charge is -2.51. The van der Waals surface area contributed by atoms with Crippen molar-refractivity contribution >= 4 is 64.5 Å². The van der Waals surface area contributed by atoms with Crippen molar-refractivity contribution < 1.29 is 43.3 Å². The Morgan fingerprint density at radius 2 is 1.65 bits per heavy atom. The molecule has 2 amide bonds. The lowest BCUT2D eigenvalue weighted by atomic mass is 9.98. The number of ether oxygens (including phenoxy) is 3. The first-order valence-electron chi connectivity index (χ1n) is 13.2. The van der Waals surface area contributed by atoms with Gasteiger partial charge in [-0.2, -0.15) is 0 Å². The number of aliphatic hydroxyl groups is 1. The SMILES string of the molecule is CC(O)CCC(=O)OCC1=CS[C@H]2C(NC(=O)COc3ccc(Cl)cc3)C(=O)N2C1C(=O)OCC(=O)c1ccc(Cl)cc1. The van der Waals surface area contributed by atoms with Gasteiger partial charge in [0.1, 0.15) is 23.8 Å². The molecule has 43 heavy (non-hydrogen) atoms. The third kappa shape index (κ3) is 8.50. The Hall–Kier alpha value is -3.58. The highest BCUT2D eigenvalue weighted by Gasteiger charge is 2.56. The molecule has 2 heterocycles. The molecule has 1 saturated heterocycles. The van der Waals surface area contributed by atoms with Crippen molar-refractivity contribution in [2.75, 3.05) is 19.8 Å². The Morgan fingerprint density at radius 3 is 2.30 bits per heavy atom. The summed E-state index contributed by atoms with van der Waals surface area (Å²) >= 11 is 12.9. The lowest BCUT2D eigenvalue weighted by Crippen LogP contribution is -2.74. The zero-order valence-corrected chi connectivity index (χ0v) is 25.2. The van der Waals surface area contributed by atoms with Crippen LogP contribution in [0.1, 0.15) is 30.1 Å². The van der Waals surface area contributed by atoms with Gasteiger partial charge in [-0.05, 0) is 67.3 Å². The molecule has 2 aromatic rings. The molecule has 0 bridgehead atoms. The summed E-state index contributed by atoms with van der Waals surface area (Å²) in [6, 6.07) is 10.2. The Bertz CT molecular complexity index is 1400. The Balaban J connectivity index is 1.41. The van der Waals surface area contributed by atoms with Crippen LogP contribution in [-0.2, 0) is 28.7 Å². The van der Waals surface area contributed by atoms with Crippen molar-refractivity contribution in [3.63, 3.8) is 0 Å². The molecule has 2 aliphatic rings. The van der Waals surface area contributed by atoms with E-state index in [1.807, 2.05) is 0 Å². The van der Waals surface area contributed by atoms with Gasteiger partial charge in [0, 0.05) is 27.6 Å². The number of nitrogens with zero attached hydrogens (tertiary/aromatic N) is 1. The van der Waals surface area contributed by atoms with E-state index in [0.29, 0.717) is 15.8 Å². The fourth-order valence-electron chi connectivity index (χ4n) is 4.21. The Kier molecular flexibility index (Phi) is 11.1. The Labute approximate surface area is 261 Å². The van der Waals surface area contributed by atoms with Gasteiger partial charge in [0.05, 0.1) is 6.10 Å². The van der Waals surface area contributed by atoms with Gasteiger partial charge < -0.3 is 29.5 Å². The summed E-state index contributed by atoms with van der Waals surface area (Å²) in [5.74, 6) is -2.68. The number of carbonyl (C=O) groups is 5. The highest BCUT2D eigenvalue weighted by Crippen LogP contribution is 2.40. The van der Waals surface area contributed by atoms with E-state index in [9.17, 15) is 29.1 Å². The molecular weight excluding hydrogens is 623 g/mol. The maximum absolute atomic E-state index is 13.3. The molecule has 14 heteroatoms. The topological polar surface area (TPSA) is 149 Å². The smallest absolute Gasteiger partial charge is 0.333 e. The van der Waals surface area contributed by atoms with E-state index in [2.05, 4.69) is 5.32 Å². The van der Waals surface area contributed by atoms with Gasteiger partial charge in [0.15, 0.2) is 25.0 Å². The molecule has 0 aromatic heterocycles. The number of hydrogen-bond acceptors (Lipinski definition) is 10. The predicted molar refractivity (Wildman–Crippen MR) is 158 cm³/mol. The number of benzene rings is 2. The predicted octanol–water partition coefficient (Wildman–Crippen LogP) is 3.15. The van der Waals surface area contributed by atoms with Crippen LogP contribution in [0, 0.1) is 0 Å². The summed E-state index contributed by atoms with van der Waals surface area (Å²) in [5.41, 5.74) is 0.542. The first-order valence-corrected chi connectivity index (χ1v) is 14.9. The van der Waals surface area contributed by atoms with Crippen LogP contribution in [0.4, 0.5) is 0 Å². The number of fused-ring (bicyclic) bond motifs is 1. The summed E-state index contributed by atoms with van der Waals surface area (Å²) in [5, 5.41) is 13.9. The molecule has 0 saturated carbocycles. The number of esters is 2. The maximum Gasteiger partial charge on any atom is 0.333 e. The third-order valence-electron chi connectivity index (χ3n) is 6.47. The average molecular weight is 652 g/mol. The van der Waals surface area contributed by atoms with E-state index >= 15 is 0 Å². The van der Waals surface area contributed by atoms with Gasteiger partial charge in [0.2, 0.25) is 5.91 Å². The normalized spacial score (nSPS) is 19.7. The number of ketones is 1. The van der Waals surface area contributed by atoms with Crippen LogP contribution in [-0.4, -0.2) is 82.9 Å². The van der Waals surface area contributed by atoms with Crippen molar-refractivity contribution in [1.82, 2.24) is 10.2 Å². The zero-order valence-electron chi connectivity index (χ0n) is 22.9. The van der Waals surface area contributed by atoms with Crippen molar-refractivity contribution in [1.29, 1.82) is 0 Å². The number of aliphatic hydroxyl groups excluding tert-OH is 1. The summed E-state index contributed by atoms with van der Waals surface area (Å²) in [7, 11) is 0. The zero-order chi connectivity index (χ0) is 31.1. The number of carbonyl (C=O) groups excluding carboxylic acids is 5. The fourth-order valence-corrected chi connectivity index (χ4v) is 5.67. The number of β-lactam (4-membered cyclic amide) rings is 1. The van der Waals surface area contributed by atoms with Crippen molar-refractivity contribution in [3.05, 3.63) is 75.1 Å². The van der Waals surface area contributed by atoms with E-state index in [-0.39, 0.29) is 37.2 Å². The first-order chi connectivity index (χ1) is 20.5. The molecule has 0 spiro atoms. The van der Waals surface area contributed by atoms with Crippen LogP contribution in [0.5, 0.6) is 5.75 Å². The molecule has 3 unspecified atom stereocenters. The van der Waals surface area contributed by atoms with Gasteiger partial charge in [-0.25, -0.2) is 4.79 Å². The van der Waals surface area contributed by atoms with Crippen LogP contribution in [0.3, 0.4) is 0 Å². The second kappa shape index (κ2) is 14.7. The number of hydrogen-bond donors (Lipinski definition) is 2. The number of rotatable bonds is 13. The van der Waals surface area contributed by atoms with Gasteiger partial charge in [-0.3, -0.25) is 19.2 Å².